The lowest BCUT2D eigenvalue weighted by Gasteiger charge is -2.27. The zero-order chi connectivity index (χ0) is 38.9. The second-order valence-electron chi connectivity index (χ2n) is 15.3. The topological polar surface area (TPSA) is 21.3 Å². The number of benzene rings is 10. The average molecular weight is 753 g/mol. The van der Waals surface area contributed by atoms with E-state index in [9.17, 15) is 0 Å². The van der Waals surface area contributed by atoms with E-state index in [0.717, 1.165) is 55.8 Å². The van der Waals surface area contributed by atoms with Gasteiger partial charge in [-0.15, -0.1) is 0 Å². The molecule has 2 aromatic heterocycles. The van der Waals surface area contributed by atoms with Crippen LogP contribution in [0.2, 0.25) is 0 Å². The van der Waals surface area contributed by atoms with E-state index in [1.165, 1.54) is 54.5 Å². The van der Waals surface area contributed by atoms with Gasteiger partial charge in [-0.25, -0.2) is 0 Å². The first-order chi connectivity index (χ1) is 29.3. The smallest absolute Gasteiger partial charge is 0.136 e. The minimum atomic E-state index is 0.902. The first-order valence-corrected chi connectivity index (χ1v) is 20.2. The van der Waals surface area contributed by atoms with Crippen LogP contribution in [0.25, 0.3) is 93.2 Å². The largest absolute Gasteiger partial charge is 0.456 e. The highest BCUT2D eigenvalue weighted by atomic mass is 16.3. The molecule has 0 radical (unpaired) electrons. The van der Waals surface area contributed by atoms with Crippen LogP contribution in [0.15, 0.2) is 223 Å². The summed E-state index contributed by atoms with van der Waals surface area (Å²) in [6.45, 7) is 0. The highest BCUT2D eigenvalue weighted by Crippen LogP contribution is 2.43. The van der Waals surface area contributed by atoms with Gasteiger partial charge in [-0.05, 0) is 93.7 Å². The summed E-state index contributed by atoms with van der Waals surface area (Å²) in [6.07, 6.45) is 0. The number of hydrogen-bond acceptors (Lipinski definition) is 2. The molecule has 0 aliphatic heterocycles. The van der Waals surface area contributed by atoms with Gasteiger partial charge in [-0.3, -0.25) is 0 Å². The summed E-state index contributed by atoms with van der Waals surface area (Å²) in [6, 6.07) is 78.7. The zero-order valence-electron chi connectivity index (χ0n) is 32.1. The Hall–Kier alpha value is -7.88. The molecule has 0 aliphatic rings. The maximum atomic E-state index is 6.24. The van der Waals surface area contributed by atoms with Crippen molar-refractivity contribution in [2.75, 3.05) is 4.90 Å². The minimum absolute atomic E-state index is 0.902. The molecule has 0 atom stereocenters. The second-order valence-corrected chi connectivity index (χ2v) is 15.3. The lowest BCUT2D eigenvalue weighted by Crippen LogP contribution is -2.10. The summed E-state index contributed by atoms with van der Waals surface area (Å²) in [5.41, 5.74) is 13.4. The average Bonchev–Trinajstić information content (AvgIpc) is 3.86. The molecule has 0 N–H and O–H groups in total. The van der Waals surface area contributed by atoms with Crippen LogP contribution in [-0.4, -0.2) is 4.57 Å². The molecule has 12 rings (SSSR count). The molecule has 59 heavy (non-hydrogen) atoms. The molecule has 0 unspecified atom stereocenters. The van der Waals surface area contributed by atoms with Gasteiger partial charge < -0.3 is 13.9 Å². The lowest BCUT2D eigenvalue weighted by atomic mass is 9.98. The van der Waals surface area contributed by atoms with Gasteiger partial charge in [0, 0.05) is 49.4 Å². The van der Waals surface area contributed by atoms with Gasteiger partial charge in [-0.2, -0.15) is 0 Å². The van der Waals surface area contributed by atoms with E-state index in [1.54, 1.807) is 0 Å². The van der Waals surface area contributed by atoms with Crippen LogP contribution in [0, 0.1) is 0 Å². The van der Waals surface area contributed by atoms with Crippen molar-refractivity contribution in [3.63, 3.8) is 0 Å². The van der Waals surface area contributed by atoms with Crippen molar-refractivity contribution in [1.29, 1.82) is 0 Å². The van der Waals surface area contributed by atoms with Crippen LogP contribution in [0.1, 0.15) is 0 Å². The molecule has 0 spiro atoms. The second kappa shape index (κ2) is 13.4. The fourth-order valence-electron chi connectivity index (χ4n) is 9.24. The fraction of sp³-hybridized carbons (Fsp3) is 0. The maximum absolute atomic E-state index is 6.24. The molecule has 0 saturated carbocycles. The van der Waals surface area contributed by atoms with Gasteiger partial charge in [0.2, 0.25) is 0 Å². The SMILES string of the molecule is c1ccc(-n2c3cc(-c4ccc(N(c5ccc(-c6cccc7oc8ccccc8c67)cc5)c5cccc6ccccc56)cc4)ccc3c3ccc4ccccc4c32)cc1. The summed E-state index contributed by atoms with van der Waals surface area (Å²) in [5.74, 6) is 0. The van der Waals surface area contributed by atoms with Gasteiger partial charge in [0.05, 0.1) is 16.7 Å². The van der Waals surface area contributed by atoms with Gasteiger partial charge in [0.1, 0.15) is 11.2 Å². The Bertz CT molecular complexity index is 3540. The van der Waals surface area contributed by atoms with Crippen molar-refractivity contribution in [3.05, 3.63) is 218 Å². The predicted molar refractivity (Wildman–Crippen MR) is 249 cm³/mol. The molecule has 0 amide bonds. The van der Waals surface area contributed by atoms with E-state index in [0.29, 0.717) is 0 Å². The molecule has 0 saturated heterocycles. The summed E-state index contributed by atoms with van der Waals surface area (Å²) < 4.78 is 8.68. The Morgan fingerprint density at radius 2 is 0.966 bits per heavy atom. The van der Waals surface area contributed by atoms with Crippen molar-refractivity contribution in [2.24, 2.45) is 0 Å². The minimum Gasteiger partial charge on any atom is -0.456 e. The number of rotatable bonds is 6. The van der Waals surface area contributed by atoms with E-state index < -0.39 is 0 Å². The van der Waals surface area contributed by atoms with E-state index in [2.05, 4.69) is 216 Å². The molecular weight excluding hydrogens is 717 g/mol. The van der Waals surface area contributed by atoms with E-state index in [4.69, 9.17) is 4.42 Å². The van der Waals surface area contributed by atoms with Crippen molar-refractivity contribution < 1.29 is 4.42 Å². The Kier molecular flexibility index (Phi) is 7.54. The van der Waals surface area contributed by atoms with Gasteiger partial charge in [0.15, 0.2) is 0 Å². The monoisotopic (exact) mass is 752 g/mol. The number of hydrogen-bond donors (Lipinski definition) is 0. The number of aromatic nitrogens is 1. The van der Waals surface area contributed by atoms with Crippen molar-refractivity contribution in [3.8, 4) is 27.9 Å². The first kappa shape index (κ1) is 33.3. The zero-order valence-corrected chi connectivity index (χ0v) is 32.1. The third-order valence-electron chi connectivity index (χ3n) is 12.0. The molecule has 12 aromatic rings. The number of furan rings is 1. The van der Waals surface area contributed by atoms with E-state index >= 15 is 0 Å². The van der Waals surface area contributed by atoms with E-state index in [-0.39, 0.29) is 0 Å². The van der Waals surface area contributed by atoms with Crippen LogP contribution in [0.3, 0.4) is 0 Å². The van der Waals surface area contributed by atoms with Crippen LogP contribution in [0.5, 0.6) is 0 Å². The molecule has 0 aliphatic carbocycles. The predicted octanol–water partition coefficient (Wildman–Crippen LogP) is 15.8. The number of para-hydroxylation sites is 2. The lowest BCUT2D eigenvalue weighted by molar-refractivity contribution is 0.669. The first-order valence-electron chi connectivity index (χ1n) is 20.2. The summed E-state index contributed by atoms with van der Waals surface area (Å²) in [4.78, 5) is 2.38. The fourth-order valence-corrected chi connectivity index (χ4v) is 9.24. The molecule has 276 valence electrons. The molecule has 3 nitrogen and oxygen atoms in total. The summed E-state index contributed by atoms with van der Waals surface area (Å²) >= 11 is 0. The number of fused-ring (bicyclic) bond motifs is 9. The van der Waals surface area contributed by atoms with Crippen molar-refractivity contribution in [2.45, 2.75) is 0 Å². The molecule has 2 heterocycles. The number of anilines is 3. The Morgan fingerprint density at radius 3 is 1.76 bits per heavy atom. The Labute approximate surface area is 341 Å². The van der Waals surface area contributed by atoms with Gasteiger partial charge in [0.25, 0.3) is 0 Å². The third-order valence-corrected chi connectivity index (χ3v) is 12.0. The van der Waals surface area contributed by atoms with Crippen LogP contribution in [-0.2, 0) is 0 Å². The maximum Gasteiger partial charge on any atom is 0.136 e. The molecule has 10 aromatic carbocycles. The van der Waals surface area contributed by atoms with Gasteiger partial charge >= 0.3 is 0 Å². The van der Waals surface area contributed by atoms with Gasteiger partial charge in [-0.1, -0.05) is 158 Å². The van der Waals surface area contributed by atoms with Crippen LogP contribution in [0.4, 0.5) is 17.1 Å². The number of nitrogens with zero attached hydrogens (tertiary/aromatic N) is 2. The molecule has 0 fully saturated rings. The Balaban J connectivity index is 0.982. The third kappa shape index (κ3) is 5.36. The summed E-state index contributed by atoms with van der Waals surface area (Å²) in [5, 5.41) is 9.69. The molecule has 3 heteroatoms. The molecular formula is C56H36N2O. The van der Waals surface area contributed by atoms with Crippen LogP contribution < -0.4 is 4.90 Å². The Morgan fingerprint density at radius 1 is 0.373 bits per heavy atom. The molecule has 0 bridgehead atoms. The standard InChI is InChI=1S/C56H36N2O/c1-2-15-42(16-3-1)58-52-36-41(29-34-48(52)49-35-28-39-13-5-7-18-47(39)56(49)58)37-24-30-43(31-25-37)57(51-21-10-14-38-12-4-6-17-45(38)51)44-32-26-40(27-33-44)46-20-11-23-54-55(46)50-19-8-9-22-53(50)59-54/h1-36H. The van der Waals surface area contributed by atoms with E-state index in [1.807, 2.05) is 12.1 Å². The van der Waals surface area contributed by atoms with Crippen LogP contribution >= 0.6 is 0 Å². The van der Waals surface area contributed by atoms with Crippen molar-refractivity contribution >= 4 is 82.4 Å². The highest BCUT2D eigenvalue weighted by molar-refractivity contribution is 6.19. The quantitative estimate of drug-likeness (QED) is 0.169. The highest BCUT2D eigenvalue weighted by Gasteiger charge is 2.19. The van der Waals surface area contributed by atoms with Crippen molar-refractivity contribution in [1.82, 2.24) is 4.57 Å². The normalized spacial score (nSPS) is 11.7. The summed E-state index contributed by atoms with van der Waals surface area (Å²) in [7, 11) is 0.